The summed E-state index contributed by atoms with van der Waals surface area (Å²) in [6.45, 7) is 2.31. The molecule has 0 saturated heterocycles. The molecule has 0 spiro atoms. The van der Waals surface area contributed by atoms with Gasteiger partial charge in [0.25, 0.3) is 5.91 Å². The highest BCUT2D eigenvalue weighted by Crippen LogP contribution is 2.27. The van der Waals surface area contributed by atoms with Gasteiger partial charge < -0.3 is 10.1 Å². The van der Waals surface area contributed by atoms with E-state index in [4.69, 9.17) is 16.3 Å². The summed E-state index contributed by atoms with van der Waals surface area (Å²) >= 11 is 6.08. The number of hydrogen-bond acceptors (Lipinski definition) is 4. The molecule has 3 rings (SSSR count). The minimum atomic E-state index is -0.259. The van der Waals surface area contributed by atoms with E-state index < -0.39 is 0 Å². The maximum absolute atomic E-state index is 12.4. The standard InChI is InChI=1S/C19H19ClN4O2/c1-13-18(19(25)21-11-10-14-6-4-3-5-7-14)22-23-24(13)16-12-15(20)8-9-17(16)26-2/h3-9,12H,10-11H2,1-2H3,(H,21,25). The van der Waals surface area contributed by atoms with Gasteiger partial charge >= 0.3 is 0 Å². The summed E-state index contributed by atoms with van der Waals surface area (Å²) in [5, 5.41) is 11.5. The summed E-state index contributed by atoms with van der Waals surface area (Å²) in [6.07, 6.45) is 0.752. The zero-order valence-corrected chi connectivity index (χ0v) is 15.3. The average molecular weight is 371 g/mol. The molecule has 0 saturated carbocycles. The van der Waals surface area contributed by atoms with Gasteiger partial charge in [-0.3, -0.25) is 4.79 Å². The van der Waals surface area contributed by atoms with Gasteiger partial charge in [0, 0.05) is 11.6 Å². The third-order valence-electron chi connectivity index (χ3n) is 4.02. The summed E-state index contributed by atoms with van der Waals surface area (Å²) in [4.78, 5) is 12.4. The predicted octanol–water partition coefficient (Wildman–Crippen LogP) is 3.21. The number of aromatic nitrogens is 3. The molecule has 1 N–H and O–H groups in total. The number of carbonyl (C=O) groups excluding carboxylic acids is 1. The average Bonchev–Trinajstić information content (AvgIpc) is 3.04. The minimum absolute atomic E-state index is 0.259. The van der Waals surface area contributed by atoms with Crippen LogP contribution in [0, 0.1) is 6.92 Å². The highest BCUT2D eigenvalue weighted by molar-refractivity contribution is 6.30. The second-order valence-corrected chi connectivity index (χ2v) is 6.18. The Balaban J connectivity index is 1.74. The maximum Gasteiger partial charge on any atom is 0.273 e. The highest BCUT2D eigenvalue weighted by Gasteiger charge is 2.19. The fourth-order valence-corrected chi connectivity index (χ4v) is 2.81. The van der Waals surface area contributed by atoms with Crippen molar-refractivity contribution >= 4 is 17.5 Å². The number of ether oxygens (including phenoxy) is 1. The molecule has 6 nitrogen and oxygen atoms in total. The van der Waals surface area contributed by atoms with Crippen molar-refractivity contribution in [2.75, 3.05) is 13.7 Å². The van der Waals surface area contributed by atoms with Crippen LogP contribution in [0.25, 0.3) is 5.69 Å². The molecular formula is C19H19ClN4O2. The number of halogens is 1. The topological polar surface area (TPSA) is 69.0 Å². The van der Waals surface area contributed by atoms with E-state index in [1.165, 1.54) is 0 Å². The van der Waals surface area contributed by atoms with E-state index in [0.29, 0.717) is 28.7 Å². The monoisotopic (exact) mass is 370 g/mol. The van der Waals surface area contributed by atoms with Gasteiger partial charge in [0.1, 0.15) is 11.4 Å². The van der Waals surface area contributed by atoms with E-state index in [9.17, 15) is 4.79 Å². The number of amides is 1. The van der Waals surface area contributed by atoms with Crippen molar-refractivity contribution in [3.63, 3.8) is 0 Å². The molecule has 26 heavy (non-hydrogen) atoms. The quantitative estimate of drug-likeness (QED) is 0.723. The first-order valence-corrected chi connectivity index (χ1v) is 8.56. The number of rotatable bonds is 6. The van der Waals surface area contributed by atoms with Crippen LogP contribution >= 0.6 is 11.6 Å². The number of nitrogens with one attached hydrogen (secondary N) is 1. The van der Waals surface area contributed by atoms with Crippen molar-refractivity contribution < 1.29 is 9.53 Å². The van der Waals surface area contributed by atoms with Crippen LogP contribution in [0.15, 0.2) is 48.5 Å². The number of benzene rings is 2. The number of methoxy groups -OCH3 is 1. The second kappa shape index (κ2) is 8.01. The number of carbonyl (C=O) groups is 1. The fraction of sp³-hybridized carbons (Fsp3) is 0.211. The van der Waals surface area contributed by atoms with Crippen LogP contribution in [0.1, 0.15) is 21.7 Å². The number of nitrogens with zero attached hydrogens (tertiary/aromatic N) is 3. The molecule has 7 heteroatoms. The second-order valence-electron chi connectivity index (χ2n) is 5.74. The van der Waals surface area contributed by atoms with Crippen LogP contribution < -0.4 is 10.1 Å². The fourth-order valence-electron chi connectivity index (χ4n) is 2.65. The molecule has 0 aliphatic rings. The van der Waals surface area contributed by atoms with Crippen molar-refractivity contribution in [3.8, 4) is 11.4 Å². The van der Waals surface area contributed by atoms with E-state index in [0.717, 1.165) is 12.0 Å². The largest absolute Gasteiger partial charge is 0.494 e. The predicted molar refractivity (Wildman–Crippen MR) is 100 cm³/mol. The lowest BCUT2D eigenvalue weighted by Gasteiger charge is -2.10. The maximum atomic E-state index is 12.4. The first-order chi connectivity index (χ1) is 12.6. The molecule has 2 aromatic carbocycles. The zero-order chi connectivity index (χ0) is 18.5. The van der Waals surface area contributed by atoms with Gasteiger partial charge in [-0.2, -0.15) is 0 Å². The molecular weight excluding hydrogens is 352 g/mol. The Bertz CT molecular complexity index is 909. The molecule has 0 radical (unpaired) electrons. The molecule has 3 aromatic rings. The van der Waals surface area contributed by atoms with Gasteiger partial charge in [0.2, 0.25) is 0 Å². The molecule has 1 amide bonds. The first-order valence-electron chi connectivity index (χ1n) is 8.18. The smallest absolute Gasteiger partial charge is 0.273 e. The SMILES string of the molecule is COc1ccc(Cl)cc1-n1nnc(C(=O)NCCc2ccccc2)c1C. The first kappa shape index (κ1) is 17.9. The third kappa shape index (κ3) is 3.86. The lowest BCUT2D eigenvalue weighted by Crippen LogP contribution is -2.26. The zero-order valence-electron chi connectivity index (χ0n) is 14.6. The lowest BCUT2D eigenvalue weighted by atomic mass is 10.1. The Morgan fingerprint density at radius 2 is 2.00 bits per heavy atom. The van der Waals surface area contributed by atoms with E-state index in [1.54, 1.807) is 36.9 Å². The Hall–Kier alpha value is -2.86. The Morgan fingerprint density at radius 1 is 1.23 bits per heavy atom. The van der Waals surface area contributed by atoms with Gasteiger partial charge in [-0.15, -0.1) is 5.10 Å². The van der Waals surface area contributed by atoms with Crippen LogP contribution in [0.2, 0.25) is 5.02 Å². The van der Waals surface area contributed by atoms with Crippen molar-refractivity contribution in [3.05, 3.63) is 70.5 Å². The normalized spacial score (nSPS) is 10.6. The molecule has 0 aliphatic heterocycles. The van der Waals surface area contributed by atoms with Gasteiger partial charge in [-0.05, 0) is 37.1 Å². The van der Waals surface area contributed by atoms with Crippen LogP contribution in [-0.4, -0.2) is 34.6 Å². The molecule has 0 unspecified atom stereocenters. The summed E-state index contributed by atoms with van der Waals surface area (Å²) < 4.78 is 6.90. The molecule has 1 heterocycles. The summed E-state index contributed by atoms with van der Waals surface area (Å²) in [6, 6.07) is 15.2. The van der Waals surface area contributed by atoms with Gasteiger partial charge in [-0.1, -0.05) is 47.1 Å². The third-order valence-corrected chi connectivity index (χ3v) is 4.26. The van der Waals surface area contributed by atoms with Crippen molar-refractivity contribution in [2.24, 2.45) is 0 Å². The Kier molecular flexibility index (Phi) is 5.53. The molecule has 0 fully saturated rings. The molecule has 0 aliphatic carbocycles. The molecule has 0 bridgehead atoms. The Morgan fingerprint density at radius 3 is 2.73 bits per heavy atom. The van der Waals surface area contributed by atoms with E-state index in [-0.39, 0.29) is 11.6 Å². The summed E-state index contributed by atoms with van der Waals surface area (Å²) in [5.41, 5.74) is 2.69. The van der Waals surface area contributed by atoms with Crippen LogP contribution in [0.3, 0.4) is 0 Å². The van der Waals surface area contributed by atoms with Crippen molar-refractivity contribution in [1.82, 2.24) is 20.3 Å². The number of hydrogen-bond donors (Lipinski definition) is 1. The van der Waals surface area contributed by atoms with E-state index in [2.05, 4.69) is 15.6 Å². The highest BCUT2D eigenvalue weighted by atomic mass is 35.5. The Labute approximate surface area is 156 Å². The summed E-state index contributed by atoms with van der Waals surface area (Å²) in [7, 11) is 1.57. The van der Waals surface area contributed by atoms with Crippen molar-refractivity contribution in [1.29, 1.82) is 0 Å². The van der Waals surface area contributed by atoms with Gasteiger partial charge in [-0.25, -0.2) is 4.68 Å². The minimum Gasteiger partial charge on any atom is -0.494 e. The molecule has 1 aromatic heterocycles. The lowest BCUT2D eigenvalue weighted by molar-refractivity contribution is 0.0948. The molecule has 134 valence electrons. The van der Waals surface area contributed by atoms with E-state index >= 15 is 0 Å². The van der Waals surface area contributed by atoms with Gasteiger partial charge in [0.05, 0.1) is 12.8 Å². The van der Waals surface area contributed by atoms with Crippen LogP contribution in [0.4, 0.5) is 0 Å². The van der Waals surface area contributed by atoms with Gasteiger partial charge in [0.15, 0.2) is 5.69 Å². The van der Waals surface area contributed by atoms with E-state index in [1.807, 2.05) is 30.3 Å². The molecule has 0 atom stereocenters. The van der Waals surface area contributed by atoms with Crippen LogP contribution in [0.5, 0.6) is 5.75 Å². The summed E-state index contributed by atoms with van der Waals surface area (Å²) in [5.74, 6) is 0.337. The van der Waals surface area contributed by atoms with Crippen LogP contribution in [-0.2, 0) is 6.42 Å². The van der Waals surface area contributed by atoms with Crippen molar-refractivity contribution in [2.45, 2.75) is 13.3 Å².